The molecule has 0 fully saturated rings. The minimum atomic E-state index is -1.27. The van der Waals surface area contributed by atoms with Gasteiger partial charge in [0, 0.05) is 12.0 Å². The number of ether oxygens (including phenoxy) is 1. The Kier molecular flexibility index (Phi) is 6.66. The van der Waals surface area contributed by atoms with Gasteiger partial charge in [0.2, 0.25) is 0 Å². The molecule has 2 atom stereocenters. The van der Waals surface area contributed by atoms with Crippen molar-refractivity contribution >= 4 is 11.9 Å². The van der Waals surface area contributed by atoms with Crippen LogP contribution in [0.1, 0.15) is 35.4 Å². The van der Waals surface area contributed by atoms with Gasteiger partial charge in [0.15, 0.2) is 5.92 Å². The van der Waals surface area contributed by atoms with Gasteiger partial charge in [-0.05, 0) is 47.1 Å². The summed E-state index contributed by atoms with van der Waals surface area (Å²) in [5.41, 5.74) is 11.7. The van der Waals surface area contributed by atoms with E-state index in [-0.39, 0.29) is 18.9 Å². The molecular weight excluding hydrogens is 402 g/mol. The van der Waals surface area contributed by atoms with Crippen molar-refractivity contribution in [1.29, 1.82) is 0 Å². The van der Waals surface area contributed by atoms with Gasteiger partial charge in [0.25, 0.3) is 0 Å². The number of hydrogen-bond donors (Lipinski definition) is 2. The zero-order valence-electron chi connectivity index (χ0n) is 17.8. The number of aliphatic carboxylic acids is 1. The van der Waals surface area contributed by atoms with Gasteiger partial charge in [0.05, 0.1) is 0 Å². The van der Waals surface area contributed by atoms with Crippen LogP contribution in [0.2, 0.25) is 0 Å². The normalized spacial score (nSPS) is 14.3. The Balaban J connectivity index is 1.39. The van der Waals surface area contributed by atoms with Crippen LogP contribution >= 0.6 is 0 Å². The monoisotopic (exact) mass is 429 g/mol. The molecule has 5 nitrogen and oxygen atoms in total. The molecule has 0 saturated heterocycles. The highest BCUT2D eigenvalue weighted by Crippen LogP contribution is 2.44. The Hall–Kier alpha value is -3.44. The van der Waals surface area contributed by atoms with Crippen molar-refractivity contribution in [3.8, 4) is 11.1 Å². The first-order valence-corrected chi connectivity index (χ1v) is 10.9. The summed E-state index contributed by atoms with van der Waals surface area (Å²) in [6, 6.07) is 25.5. The van der Waals surface area contributed by atoms with E-state index in [1.165, 1.54) is 0 Å². The molecule has 1 aliphatic carbocycles. The highest BCUT2D eigenvalue weighted by Gasteiger charge is 2.33. The second-order valence-corrected chi connectivity index (χ2v) is 8.27. The highest BCUT2D eigenvalue weighted by atomic mass is 16.5. The Morgan fingerprint density at radius 3 is 2.03 bits per heavy atom. The number of fused-ring (bicyclic) bond motifs is 3. The van der Waals surface area contributed by atoms with Gasteiger partial charge >= 0.3 is 11.9 Å². The maximum Gasteiger partial charge on any atom is 0.320 e. The van der Waals surface area contributed by atoms with E-state index in [1.807, 2.05) is 66.7 Å². The Morgan fingerprint density at radius 2 is 1.44 bits per heavy atom. The average Bonchev–Trinajstić information content (AvgIpc) is 3.14. The van der Waals surface area contributed by atoms with Crippen molar-refractivity contribution < 1.29 is 19.4 Å². The van der Waals surface area contributed by atoms with E-state index >= 15 is 0 Å². The molecule has 0 bridgehead atoms. The van der Waals surface area contributed by atoms with Gasteiger partial charge in [-0.15, -0.1) is 0 Å². The molecule has 5 heteroatoms. The fraction of sp³-hybridized carbons (Fsp3) is 0.259. The molecule has 4 rings (SSSR count). The molecule has 0 heterocycles. The number of rotatable bonds is 9. The summed E-state index contributed by atoms with van der Waals surface area (Å²) in [5.74, 6) is -3.30. The summed E-state index contributed by atoms with van der Waals surface area (Å²) < 4.78 is 5.55. The largest absolute Gasteiger partial charge is 0.481 e. The number of hydrogen-bond acceptors (Lipinski definition) is 4. The first-order valence-electron chi connectivity index (χ1n) is 10.9. The summed E-state index contributed by atoms with van der Waals surface area (Å²) >= 11 is 0. The molecule has 1 unspecified atom stereocenters. The molecule has 0 amide bonds. The van der Waals surface area contributed by atoms with Gasteiger partial charge in [0.1, 0.15) is 6.61 Å². The predicted molar refractivity (Wildman–Crippen MR) is 123 cm³/mol. The maximum atomic E-state index is 12.7. The lowest BCUT2D eigenvalue weighted by Crippen LogP contribution is -2.34. The van der Waals surface area contributed by atoms with E-state index in [9.17, 15) is 14.7 Å². The van der Waals surface area contributed by atoms with Crippen LogP contribution in [0.15, 0.2) is 78.9 Å². The van der Waals surface area contributed by atoms with Crippen molar-refractivity contribution in [3.05, 3.63) is 95.6 Å². The van der Waals surface area contributed by atoms with Crippen molar-refractivity contribution in [2.75, 3.05) is 6.61 Å². The predicted octanol–water partition coefficient (Wildman–Crippen LogP) is 4.39. The maximum absolute atomic E-state index is 12.7. The quantitative estimate of drug-likeness (QED) is 0.389. The van der Waals surface area contributed by atoms with Gasteiger partial charge in [-0.2, -0.15) is 0 Å². The van der Waals surface area contributed by atoms with Crippen LogP contribution in [0.25, 0.3) is 11.1 Å². The molecule has 0 spiro atoms. The van der Waals surface area contributed by atoms with Crippen LogP contribution in [-0.4, -0.2) is 29.7 Å². The van der Waals surface area contributed by atoms with Crippen LogP contribution in [0, 0.1) is 5.92 Å². The average molecular weight is 430 g/mol. The van der Waals surface area contributed by atoms with Crippen molar-refractivity contribution in [3.63, 3.8) is 0 Å². The standard InChI is InChI=1S/C27H27NO4/c28-19(15-14-18-8-2-1-3-9-18)16-24(26(29)30)27(31)32-17-25-22-12-6-4-10-20(22)21-11-5-7-13-23(21)25/h1-13,19,24-25H,14-17,28H2,(H,29,30)/t19?,24-/m1/s1. The minimum Gasteiger partial charge on any atom is -0.481 e. The highest BCUT2D eigenvalue weighted by molar-refractivity contribution is 5.94. The summed E-state index contributed by atoms with van der Waals surface area (Å²) in [6.07, 6.45) is 1.39. The molecular formula is C27H27NO4. The number of nitrogens with two attached hydrogens (primary N) is 1. The molecule has 1 aliphatic rings. The number of esters is 1. The van der Waals surface area contributed by atoms with Gasteiger partial charge < -0.3 is 15.6 Å². The van der Waals surface area contributed by atoms with E-state index in [0.717, 1.165) is 34.2 Å². The molecule has 0 aliphatic heterocycles. The van der Waals surface area contributed by atoms with Crippen molar-refractivity contribution in [2.24, 2.45) is 11.7 Å². The third-order valence-corrected chi connectivity index (χ3v) is 6.12. The topological polar surface area (TPSA) is 89.6 Å². The first kappa shape index (κ1) is 21.8. The number of carboxylic acid groups (broad SMARTS) is 1. The zero-order chi connectivity index (χ0) is 22.5. The smallest absolute Gasteiger partial charge is 0.320 e. The summed E-state index contributed by atoms with van der Waals surface area (Å²) in [4.78, 5) is 24.5. The molecule has 3 aromatic rings. The van der Waals surface area contributed by atoms with Crippen LogP contribution in [0.3, 0.4) is 0 Å². The van der Waals surface area contributed by atoms with E-state index < -0.39 is 23.9 Å². The van der Waals surface area contributed by atoms with E-state index in [1.54, 1.807) is 0 Å². The van der Waals surface area contributed by atoms with Crippen LogP contribution in [0.4, 0.5) is 0 Å². The fourth-order valence-corrected chi connectivity index (χ4v) is 4.42. The third-order valence-electron chi connectivity index (χ3n) is 6.12. The Morgan fingerprint density at radius 1 is 0.875 bits per heavy atom. The van der Waals surface area contributed by atoms with E-state index in [0.29, 0.717) is 6.42 Å². The molecule has 0 radical (unpaired) electrons. The number of benzene rings is 3. The molecule has 0 saturated carbocycles. The molecule has 0 aromatic heterocycles. The van der Waals surface area contributed by atoms with Gasteiger partial charge in [-0.3, -0.25) is 9.59 Å². The Labute approximate surface area is 187 Å². The SMILES string of the molecule is NC(CCc1ccccc1)C[C@H](C(=O)O)C(=O)OCC1c2ccccc2-c2ccccc21. The van der Waals surface area contributed by atoms with Gasteiger partial charge in [-0.25, -0.2) is 0 Å². The van der Waals surface area contributed by atoms with Crippen LogP contribution in [0.5, 0.6) is 0 Å². The lowest BCUT2D eigenvalue weighted by Gasteiger charge is -2.19. The Bertz CT molecular complexity index is 1050. The minimum absolute atomic E-state index is 0.0544. The second kappa shape index (κ2) is 9.79. The molecule has 164 valence electrons. The third kappa shape index (κ3) is 4.73. The second-order valence-electron chi connectivity index (χ2n) is 8.27. The first-order chi connectivity index (χ1) is 15.5. The molecule has 3 N–H and O–H groups in total. The number of aryl methyl sites for hydroxylation is 1. The number of carbonyl (C=O) groups is 2. The lowest BCUT2D eigenvalue weighted by molar-refractivity contribution is -0.159. The summed E-state index contributed by atoms with van der Waals surface area (Å²) in [7, 11) is 0. The number of carboxylic acids is 1. The summed E-state index contributed by atoms with van der Waals surface area (Å²) in [5, 5.41) is 9.63. The van der Waals surface area contributed by atoms with E-state index in [4.69, 9.17) is 10.5 Å². The van der Waals surface area contributed by atoms with Gasteiger partial charge in [-0.1, -0.05) is 78.9 Å². The van der Waals surface area contributed by atoms with Crippen molar-refractivity contribution in [2.45, 2.75) is 31.2 Å². The fourth-order valence-electron chi connectivity index (χ4n) is 4.42. The molecule has 3 aromatic carbocycles. The van der Waals surface area contributed by atoms with E-state index in [2.05, 4.69) is 12.1 Å². The van der Waals surface area contributed by atoms with Crippen LogP contribution < -0.4 is 5.73 Å². The zero-order valence-corrected chi connectivity index (χ0v) is 17.8. The number of carbonyl (C=O) groups excluding carboxylic acids is 1. The van der Waals surface area contributed by atoms with Crippen LogP contribution in [-0.2, 0) is 20.7 Å². The molecule has 32 heavy (non-hydrogen) atoms. The van der Waals surface area contributed by atoms with Crippen molar-refractivity contribution in [1.82, 2.24) is 0 Å². The lowest BCUT2D eigenvalue weighted by atomic mass is 9.95. The summed E-state index contributed by atoms with van der Waals surface area (Å²) in [6.45, 7) is 0.107.